The van der Waals surface area contributed by atoms with E-state index < -0.39 is 57.4 Å². The molecule has 0 aromatic heterocycles. The Labute approximate surface area is 381 Å². The standard InChI is InChI=1S/C54H78O10/c1-47(2)41(43(57)63-31-19-23-49(5)29(27-31)11-13-33-35-15-17-39(55)51(35,7)25-21-37(33)49)53(47,45(59)61-9)54(46(60)62-10)42(48(54,3)4)44(58)64-32-20-24-50(6)30(28-32)12-14-34-36-16-18-40(56)52(36,8)26-22-38(34)50/h29-38,41-42H,11-28H2,1-10H3/t29?,30?,31-,32-,33+,34+,35+,36+,37+,38+,41?,42?,49+,50+,51+,52+,53-,54-/m1/s1. The van der Waals surface area contributed by atoms with Crippen molar-refractivity contribution >= 4 is 35.4 Å². The van der Waals surface area contributed by atoms with Gasteiger partial charge in [0.2, 0.25) is 0 Å². The molecule has 0 spiro atoms. The lowest BCUT2D eigenvalue weighted by molar-refractivity contribution is -0.175. The quantitative estimate of drug-likeness (QED) is 0.179. The molecule has 0 aromatic rings. The molecule has 4 unspecified atom stereocenters. The van der Waals surface area contributed by atoms with Gasteiger partial charge < -0.3 is 18.9 Å². The van der Waals surface area contributed by atoms with Crippen molar-refractivity contribution < 1.29 is 47.7 Å². The third kappa shape index (κ3) is 5.43. The Morgan fingerprint density at radius 2 is 0.844 bits per heavy atom. The number of esters is 4. The Morgan fingerprint density at radius 1 is 0.469 bits per heavy atom. The number of ether oxygens (including phenoxy) is 4. The average Bonchev–Trinajstić information content (AvgIpc) is 3.83. The van der Waals surface area contributed by atoms with Crippen LogP contribution in [0.15, 0.2) is 0 Å². The van der Waals surface area contributed by atoms with Gasteiger partial charge >= 0.3 is 23.9 Å². The maximum Gasteiger partial charge on any atom is 0.314 e. The predicted molar refractivity (Wildman–Crippen MR) is 237 cm³/mol. The lowest BCUT2D eigenvalue weighted by atomic mass is 9.45. The summed E-state index contributed by atoms with van der Waals surface area (Å²) in [6, 6.07) is 0. The van der Waals surface area contributed by atoms with E-state index in [0.29, 0.717) is 58.9 Å². The van der Waals surface area contributed by atoms with Crippen LogP contribution in [-0.4, -0.2) is 61.9 Å². The topological polar surface area (TPSA) is 139 Å². The van der Waals surface area contributed by atoms with Gasteiger partial charge in [0.1, 0.15) is 34.6 Å². The molecule has 0 saturated heterocycles. The smallest absolute Gasteiger partial charge is 0.314 e. The molecular formula is C54H78O10. The van der Waals surface area contributed by atoms with Crippen LogP contribution in [-0.2, 0) is 47.7 Å². The lowest BCUT2D eigenvalue weighted by Crippen LogP contribution is -2.54. The molecule has 10 aliphatic rings. The molecule has 64 heavy (non-hydrogen) atoms. The van der Waals surface area contributed by atoms with Crippen molar-refractivity contribution in [3.05, 3.63) is 0 Å². The number of hydrogen-bond acceptors (Lipinski definition) is 10. The van der Waals surface area contributed by atoms with Gasteiger partial charge in [0, 0.05) is 23.7 Å². The van der Waals surface area contributed by atoms with Crippen LogP contribution in [0.5, 0.6) is 0 Å². The highest BCUT2D eigenvalue weighted by molar-refractivity contribution is 6.05. The molecule has 0 aliphatic heterocycles. The molecule has 10 fully saturated rings. The lowest BCUT2D eigenvalue weighted by Gasteiger charge is -2.60. The minimum absolute atomic E-state index is 0.124. The number of ketones is 2. The summed E-state index contributed by atoms with van der Waals surface area (Å²) in [6.07, 6.45) is 16.2. The third-order valence-electron chi connectivity index (χ3n) is 23.5. The molecule has 10 nitrogen and oxygen atoms in total. The summed E-state index contributed by atoms with van der Waals surface area (Å²) in [6.45, 7) is 16.7. The molecule has 10 aliphatic carbocycles. The van der Waals surface area contributed by atoms with Crippen LogP contribution in [0.25, 0.3) is 0 Å². The second-order valence-corrected chi connectivity index (χ2v) is 25.7. The number of carbonyl (C=O) groups is 6. The number of rotatable bonds is 7. The molecule has 10 saturated carbocycles. The zero-order valence-corrected chi connectivity index (χ0v) is 40.7. The molecule has 0 N–H and O–H groups in total. The van der Waals surface area contributed by atoms with Crippen LogP contribution in [0.1, 0.15) is 171 Å². The van der Waals surface area contributed by atoms with Crippen molar-refractivity contribution in [1.82, 2.24) is 0 Å². The van der Waals surface area contributed by atoms with Crippen LogP contribution < -0.4 is 0 Å². The van der Waals surface area contributed by atoms with Gasteiger partial charge in [-0.3, -0.25) is 28.8 Å². The van der Waals surface area contributed by atoms with E-state index >= 15 is 0 Å². The van der Waals surface area contributed by atoms with Crippen molar-refractivity contribution in [1.29, 1.82) is 0 Å². The van der Waals surface area contributed by atoms with Gasteiger partial charge in [-0.1, -0.05) is 55.4 Å². The van der Waals surface area contributed by atoms with Crippen LogP contribution in [0, 0.1) is 102 Å². The molecule has 0 amide bonds. The summed E-state index contributed by atoms with van der Waals surface area (Å²) in [7, 11) is 2.57. The number of methoxy groups -OCH3 is 2. The van der Waals surface area contributed by atoms with Gasteiger partial charge in [-0.25, -0.2) is 0 Å². The summed E-state index contributed by atoms with van der Waals surface area (Å²) >= 11 is 0. The molecule has 0 radical (unpaired) electrons. The van der Waals surface area contributed by atoms with Crippen molar-refractivity contribution in [2.24, 2.45) is 102 Å². The first-order valence-electron chi connectivity index (χ1n) is 25.7. The third-order valence-corrected chi connectivity index (χ3v) is 23.5. The highest BCUT2D eigenvalue weighted by atomic mass is 16.6. The van der Waals surface area contributed by atoms with E-state index in [1.165, 1.54) is 14.2 Å². The Kier molecular flexibility index (Phi) is 10.1. The summed E-state index contributed by atoms with van der Waals surface area (Å²) in [4.78, 5) is 84.7. The summed E-state index contributed by atoms with van der Waals surface area (Å²) in [5.41, 5.74) is -5.66. The van der Waals surface area contributed by atoms with Gasteiger partial charge in [0.15, 0.2) is 0 Å². The van der Waals surface area contributed by atoms with E-state index in [1.54, 1.807) is 0 Å². The second kappa shape index (κ2) is 14.4. The number of hydrogen-bond donors (Lipinski definition) is 0. The normalized spacial score (nSPS) is 51.4. The maximum absolute atomic E-state index is 14.8. The van der Waals surface area contributed by atoms with Gasteiger partial charge in [-0.05, 0) is 172 Å². The van der Waals surface area contributed by atoms with Gasteiger partial charge in [-0.15, -0.1) is 0 Å². The number of Topliss-reactive ketones (excluding diaryl/α,β-unsaturated/α-hetero) is 2. The van der Waals surface area contributed by atoms with Crippen molar-refractivity contribution in [2.75, 3.05) is 14.2 Å². The molecule has 354 valence electrons. The van der Waals surface area contributed by atoms with E-state index in [4.69, 9.17) is 18.9 Å². The predicted octanol–water partition coefficient (Wildman–Crippen LogP) is 9.66. The summed E-state index contributed by atoms with van der Waals surface area (Å²) in [5.74, 6) is 0.461. The highest BCUT2D eigenvalue weighted by Crippen LogP contribution is 2.90. The van der Waals surface area contributed by atoms with E-state index in [2.05, 4.69) is 27.7 Å². The Balaban J connectivity index is 0.852. The molecular weight excluding hydrogens is 809 g/mol. The van der Waals surface area contributed by atoms with E-state index in [9.17, 15) is 28.8 Å². The average molecular weight is 887 g/mol. The SMILES string of the molecule is COC(=O)[C@]1([C@@]2(C(=O)OC)C(C(=O)O[C@@H]3CC[C@@]4(C)C(CC[C@@H]5[C@@H]4CC[C@]4(C)C(=O)CC[C@@H]54)C3)C2(C)C)C(C(=O)O[C@@H]2CC[C@@]3(C)C(CC[C@@H]4[C@@H]3CC[C@]3(C)C(=O)CC[C@@H]43)C2)C1(C)C. The van der Waals surface area contributed by atoms with Crippen LogP contribution in [0.3, 0.4) is 0 Å². The van der Waals surface area contributed by atoms with Crippen molar-refractivity contribution in [3.63, 3.8) is 0 Å². The first kappa shape index (κ1) is 45.0. The fraction of sp³-hybridized carbons (Fsp3) is 0.889. The maximum atomic E-state index is 14.8. The largest absolute Gasteiger partial charge is 0.469 e. The monoisotopic (exact) mass is 887 g/mol. The Bertz CT molecular complexity index is 1900. The molecule has 10 heteroatoms. The highest BCUT2D eigenvalue weighted by Gasteiger charge is 3.00. The minimum Gasteiger partial charge on any atom is -0.469 e. The number of fused-ring (bicyclic) bond motifs is 10. The zero-order chi connectivity index (χ0) is 45.9. The molecule has 10 rings (SSSR count). The van der Waals surface area contributed by atoms with Crippen molar-refractivity contribution in [2.45, 2.75) is 183 Å². The first-order valence-corrected chi connectivity index (χ1v) is 25.7. The summed E-state index contributed by atoms with van der Waals surface area (Å²) in [5, 5.41) is 0. The van der Waals surface area contributed by atoms with E-state index in [1.807, 2.05) is 27.7 Å². The minimum atomic E-state index is -1.71. The molecule has 18 atom stereocenters. The molecule has 0 aromatic carbocycles. The zero-order valence-electron chi connectivity index (χ0n) is 40.7. The molecule has 0 bridgehead atoms. The van der Waals surface area contributed by atoms with Gasteiger partial charge in [-0.2, -0.15) is 0 Å². The fourth-order valence-corrected chi connectivity index (χ4v) is 20.0. The fourth-order valence-electron chi connectivity index (χ4n) is 20.0. The second-order valence-electron chi connectivity index (χ2n) is 25.7. The summed E-state index contributed by atoms with van der Waals surface area (Å²) < 4.78 is 24.1. The van der Waals surface area contributed by atoms with E-state index in [-0.39, 0.29) is 33.9 Å². The number of carbonyl (C=O) groups excluding carboxylic acids is 6. The van der Waals surface area contributed by atoms with Crippen LogP contribution >= 0.6 is 0 Å². The van der Waals surface area contributed by atoms with Gasteiger partial charge in [0.05, 0.1) is 26.1 Å². The van der Waals surface area contributed by atoms with Crippen LogP contribution in [0.2, 0.25) is 0 Å². The van der Waals surface area contributed by atoms with Gasteiger partial charge in [0.25, 0.3) is 0 Å². The Morgan fingerprint density at radius 3 is 1.20 bits per heavy atom. The van der Waals surface area contributed by atoms with Crippen LogP contribution in [0.4, 0.5) is 0 Å². The van der Waals surface area contributed by atoms with Crippen molar-refractivity contribution in [3.8, 4) is 0 Å². The Hall–Kier alpha value is -2.78. The first-order chi connectivity index (χ1) is 30.1. The van der Waals surface area contributed by atoms with E-state index in [0.717, 1.165) is 116 Å². The molecule has 0 heterocycles.